The summed E-state index contributed by atoms with van der Waals surface area (Å²) < 4.78 is 10.9. The van der Waals surface area contributed by atoms with Gasteiger partial charge in [0.2, 0.25) is 0 Å². The van der Waals surface area contributed by atoms with Gasteiger partial charge in [-0.1, -0.05) is 12.1 Å². The fourth-order valence-electron chi connectivity index (χ4n) is 3.22. The van der Waals surface area contributed by atoms with Crippen molar-refractivity contribution in [2.45, 2.75) is 51.6 Å². The number of carbonyl (C=O) groups is 2. The summed E-state index contributed by atoms with van der Waals surface area (Å²) in [7, 11) is 1.66. The smallest absolute Gasteiger partial charge is 0.315 e. The van der Waals surface area contributed by atoms with Crippen LogP contribution < -0.4 is 15.4 Å². The molecule has 1 aromatic rings. The Labute approximate surface area is 160 Å². The Hall–Kier alpha value is -2.28. The summed E-state index contributed by atoms with van der Waals surface area (Å²) in [5, 5.41) is 14.8. The van der Waals surface area contributed by atoms with E-state index in [0.29, 0.717) is 45.4 Å². The van der Waals surface area contributed by atoms with Crippen LogP contribution in [0.1, 0.15) is 43.2 Å². The molecule has 0 saturated heterocycles. The van der Waals surface area contributed by atoms with Crippen molar-refractivity contribution in [2.75, 3.05) is 20.3 Å². The van der Waals surface area contributed by atoms with Crippen LogP contribution in [0.15, 0.2) is 18.2 Å². The van der Waals surface area contributed by atoms with Gasteiger partial charge >= 0.3 is 12.0 Å². The quantitative estimate of drug-likeness (QED) is 0.574. The second-order valence-corrected chi connectivity index (χ2v) is 7.02. The van der Waals surface area contributed by atoms with Crippen molar-refractivity contribution in [3.63, 3.8) is 0 Å². The fraction of sp³-hybridized carbons (Fsp3) is 0.600. The Kier molecular flexibility index (Phi) is 8.39. The largest absolute Gasteiger partial charge is 0.493 e. The van der Waals surface area contributed by atoms with Crippen molar-refractivity contribution < 1.29 is 24.2 Å². The minimum atomic E-state index is -0.740. The van der Waals surface area contributed by atoms with Crippen LogP contribution in [0.25, 0.3) is 0 Å². The number of nitrogens with one attached hydrogen (secondary N) is 2. The molecule has 27 heavy (non-hydrogen) atoms. The lowest BCUT2D eigenvalue weighted by Gasteiger charge is -2.26. The second-order valence-electron chi connectivity index (χ2n) is 7.02. The van der Waals surface area contributed by atoms with Crippen molar-refractivity contribution in [2.24, 2.45) is 5.92 Å². The van der Waals surface area contributed by atoms with E-state index in [-0.39, 0.29) is 18.0 Å². The van der Waals surface area contributed by atoms with E-state index in [1.165, 1.54) is 0 Å². The SMILES string of the molecule is COCCCOc1cc(C)ccc1CNC(=O)NC1CCC(C(=O)O)CC1. The number of ether oxygens (including phenoxy) is 2. The molecule has 0 atom stereocenters. The topological polar surface area (TPSA) is 96.9 Å². The van der Waals surface area contributed by atoms with Gasteiger partial charge in [-0.3, -0.25) is 4.79 Å². The van der Waals surface area contributed by atoms with Gasteiger partial charge in [-0.05, 0) is 44.2 Å². The van der Waals surface area contributed by atoms with Crippen LogP contribution in [0.4, 0.5) is 4.79 Å². The molecule has 0 aromatic heterocycles. The summed E-state index contributed by atoms with van der Waals surface area (Å²) in [5.41, 5.74) is 2.02. The van der Waals surface area contributed by atoms with Gasteiger partial charge in [0.25, 0.3) is 0 Å². The van der Waals surface area contributed by atoms with Gasteiger partial charge in [0.15, 0.2) is 0 Å². The number of carboxylic acids is 1. The molecule has 1 aliphatic carbocycles. The Morgan fingerprint density at radius 3 is 2.59 bits per heavy atom. The molecule has 1 aromatic carbocycles. The second kappa shape index (κ2) is 10.8. The Morgan fingerprint density at radius 2 is 1.93 bits per heavy atom. The number of carbonyl (C=O) groups excluding carboxylic acids is 1. The highest BCUT2D eigenvalue weighted by Gasteiger charge is 2.26. The number of methoxy groups -OCH3 is 1. The first-order valence-electron chi connectivity index (χ1n) is 9.48. The zero-order chi connectivity index (χ0) is 19.6. The molecule has 2 rings (SSSR count). The van der Waals surface area contributed by atoms with Crippen LogP contribution in [0.5, 0.6) is 5.75 Å². The molecule has 1 aliphatic rings. The molecular weight excluding hydrogens is 348 g/mol. The molecule has 7 nitrogen and oxygen atoms in total. The van der Waals surface area contributed by atoms with Crippen molar-refractivity contribution in [3.05, 3.63) is 29.3 Å². The molecule has 0 bridgehead atoms. The van der Waals surface area contributed by atoms with E-state index in [2.05, 4.69) is 10.6 Å². The van der Waals surface area contributed by atoms with E-state index >= 15 is 0 Å². The molecule has 2 amide bonds. The third kappa shape index (κ3) is 7.09. The summed E-state index contributed by atoms with van der Waals surface area (Å²) >= 11 is 0. The van der Waals surface area contributed by atoms with Crippen molar-refractivity contribution in [1.82, 2.24) is 10.6 Å². The maximum absolute atomic E-state index is 12.2. The third-order valence-corrected chi connectivity index (χ3v) is 4.82. The van der Waals surface area contributed by atoms with E-state index in [0.717, 1.165) is 23.3 Å². The molecule has 0 radical (unpaired) electrons. The maximum Gasteiger partial charge on any atom is 0.315 e. The molecular formula is C20H30N2O5. The fourth-order valence-corrected chi connectivity index (χ4v) is 3.22. The molecule has 3 N–H and O–H groups in total. The van der Waals surface area contributed by atoms with Crippen LogP contribution >= 0.6 is 0 Å². The number of hydrogen-bond acceptors (Lipinski definition) is 4. The van der Waals surface area contributed by atoms with Crippen molar-refractivity contribution >= 4 is 12.0 Å². The molecule has 0 aliphatic heterocycles. The van der Waals surface area contributed by atoms with Crippen LogP contribution in [0.2, 0.25) is 0 Å². The van der Waals surface area contributed by atoms with Crippen LogP contribution in [-0.2, 0) is 16.1 Å². The zero-order valence-electron chi connectivity index (χ0n) is 16.1. The minimum Gasteiger partial charge on any atom is -0.493 e. The molecule has 150 valence electrons. The first kappa shape index (κ1) is 21.0. The van der Waals surface area contributed by atoms with Gasteiger partial charge in [-0.15, -0.1) is 0 Å². The van der Waals surface area contributed by atoms with E-state index in [1.807, 2.05) is 25.1 Å². The zero-order valence-corrected chi connectivity index (χ0v) is 16.1. The summed E-state index contributed by atoms with van der Waals surface area (Å²) in [6.45, 7) is 3.57. The molecule has 0 heterocycles. The van der Waals surface area contributed by atoms with Crippen molar-refractivity contribution in [1.29, 1.82) is 0 Å². The number of urea groups is 1. The number of amides is 2. The average molecular weight is 378 g/mol. The maximum atomic E-state index is 12.2. The van der Waals surface area contributed by atoms with Crippen LogP contribution in [-0.4, -0.2) is 43.5 Å². The lowest BCUT2D eigenvalue weighted by atomic mass is 9.86. The van der Waals surface area contributed by atoms with Crippen LogP contribution in [0, 0.1) is 12.8 Å². The van der Waals surface area contributed by atoms with Gasteiger partial charge in [0, 0.05) is 38.3 Å². The monoisotopic (exact) mass is 378 g/mol. The Balaban J connectivity index is 1.79. The van der Waals surface area contributed by atoms with Gasteiger partial charge in [-0.2, -0.15) is 0 Å². The van der Waals surface area contributed by atoms with Crippen molar-refractivity contribution in [3.8, 4) is 5.75 Å². The van der Waals surface area contributed by atoms with E-state index in [1.54, 1.807) is 7.11 Å². The number of aryl methyl sites for hydroxylation is 1. The highest BCUT2D eigenvalue weighted by molar-refractivity contribution is 5.74. The molecule has 0 spiro atoms. The van der Waals surface area contributed by atoms with Crippen LogP contribution in [0.3, 0.4) is 0 Å². The summed E-state index contributed by atoms with van der Waals surface area (Å²) in [4.78, 5) is 23.2. The standard InChI is InChI=1S/C20H30N2O5/c1-14-4-5-16(18(12-14)27-11-3-10-26-2)13-21-20(25)22-17-8-6-15(7-9-17)19(23)24/h4-5,12,15,17H,3,6-11,13H2,1-2H3,(H,23,24)(H2,21,22,25). The first-order chi connectivity index (χ1) is 13.0. The van der Waals surface area contributed by atoms with Gasteiger partial charge in [0.1, 0.15) is 5.75 Å². The van der Waals surface area contributed by atoms with E-state index in [4.69, 9.17) is 14.6 Å². The molecule has 1 saturated carbocycles. The van der Waals surface area contributed by atoms with E-state index < -0.39 is 5.97 Å². The summed E-state index contributed by atoms with van der Waals surface area (Å²) in [5.74, 6) is -0.250. The number of carboxylic acid groups (broad SMARTS) is 1. The van der Waals surface area contributed by atoms with Gasteiger partial charge in [0.05, 0.1) is 12.5 Å². The average Bonchev–Trinajstić information content (AvgIpc) is 2.65. The van der Waals surface area contributed by atoms with Gasteiger partial charge in [-0.25, -0.2) is 4.79 Å². The predicted octanol–water partition coefficient (Wildman–Crippen LogP) is 2.85. The summed E-state index contributed by atoms with van der Waals surface area (Å²) in [6.07, 6.45) is 3.41. The highest BCUT2D eigenvalue weighted by Crippen LogP contribution is 2.24. The number of aliphatic carboxylic acids is 1. The molecule has 7 heteroatoms. The lowest BCUT2D eigenvalue weighted by Crippen LogP contribution is -2.43. The predicted molar refractivity (Wildman–Crippen MR) is 102 cm³/mol. The lowest BCUT2D eigenvalue weighted by molar-refractivity contribution is -0.142. The number of rotatable bonds is 9. The third-order valence-electron chi connectivity index (χ3n) is 4.82. The minimum absolute atomic E-state index is 0.0309. The Bertz CT molecular complexity index is 627. The summed E-state index contributed by atoms with van der Waals surface area (Å²) in [6, 6.07) is 5.71. The highest BCUT2D eigenvalue weighted by atomic mass is 16.5. The molecule has 0 unspecified atom stereocenters. The number of benzene rings is 1. The van der Waals surface area contributed by atoms with E-state index in [9.17, 15) is 9.59 Å². The molecule has 1 fully saturated rings. The first-order valence-corrected chi connectivity index (χ1v) is 9.48. The Morgan fingerprint density at radius 1 is 1.19 bits per heavy atom. The van der Waals surface area contributed by atoms with Gasteiger partial charge < -0.3 is 25.2 Å². The normalized spacial score (nSPS) is 19.3. The number of hydrogen-bond donors (Lipinski definition) is 3.